The molecule has 0 aliphatic carbocycles. The van der Waals surface area contributed by atoms with Gasteiger partial charge >= 0.3 is 11.9 Å². The monoisotopic (exact) mass is 450 g/mol. The molecule has 0 aromatic rings. The Morgan fingerprint density at radius 3 is 1.91 bits per heavy atom. The molecule has 0 radical (unpaired) electrons. The molecule has 32 heavy (non-hydrogen) atoms. The molecule has 0 aliphatic rings. The minimum absolute atomic E-state index is 0.105. The molecule has 2 unspecified atom stereocenters. The minimum atomic E-state index is -0.599. The molecule has 0 bridgehead atoms. The minimum Gasteiger partial charge on any atom is -0.466 e. The van der Waals surface area contributed by atoms with Gasteiger partial charge in [-0.15, -0.1) is 0 Å². The van der Waals surface area contributed by atoms with Crippen LogP contribution in [0.25, 0.3) is 0 Å². The molecule has 184 valence electrons. The summed E-state index contributed by atoms with van der Waals surface area (Å²) in [7, 11) is 0. The SMILES string of the molecule is CC=CC=CC(=O)C(C)C(CCOC(=O)CCCCCCC)OC(=O)CCCCCCC. The van der Waals surface area contributed by atoms with E-state index < -0.39 is 12.0 Å². The van der Waals surface area contributed by atoms with E-state index in [1.165, 1.54) is 25.3 Å². The van der Waals surface area contributed by atoms with Crippen LogP contribution in [0.3, 0.4) is 0 Å². The number of rotatable bonds is 20. The van der Waals surface area contributed by atoms with Crippen LogP contribution in [0.2, 0.25) is 0 Å². The van der Waals surface area contributed by atoms with Crippen LogP contribution in [-0.2, 0) is 23.9 Å². The molecule has 0 amide bonds. The van der Waals surface area contributed by atoms with E-state index in [0.717, 1.165) is 44.9 Å². The first-order valence-electron chi connectivity index (χ1n) is 12.6. The number of allylic oxidation sites excluding steroid dienone is 4. The van der Waals surface area contributed by atoms with Crippen LogP contribution >= 0.6 is 0 Å². The fraction of sp³-hybridized carbons (Fsp3) is 0.741. The lowest BCUT2D eigenvalue weighted by atomic mass is 9.96. The van der Waals surface area contributed by atoms with Crippen LogP contribution in [-0.4, -0.2) is 30.4 Å². The van der Waals surface area contributed by atoms with Crippen molar-refractivity contribution in [2.24, 2.45) is 5.92 Å². The van der Waals surface area contributed by atoms with Gasteiger partial charge in [-0.25, -0.2) is 0 Å². The Labute approximate surface area is 196 Å². The standard InChI is InChI=1S/C27H46O5/c1-5-8-11-13-16-19-26(29)31-22-21-25(23(4)24(28)18-15-10-7-3)32-27(30)20-17-14-12-9-6-2/h7,10,15,18,23,25H,5-6,8-9,11-14,16-17,19-22H2,1-4H3. The summed E-state index contributed by atoms with van der Waals surface area (Å²) in [6.45, 7) is 8.10. The van der Waals surface area contributed by atoms with Gasteiger partial charge in [0, 0.05) is 19.3 Å². The predicted molar refractivity (Wildman–Crippen MR) is 130 cm³/mol. The highest BCUT2D eigenvalue weighted by atomic mass is 16.6. The molecule has 0 fully saturated rings. The van der Waals surface area contributed by atoms with Crippen molar-refractivity contribution in [3.8, 4) is 0 Å². The Morgan fingerprint density at radius 1 is 0.781 bits per heavy atom. The maximum absolute atomic E-state index is 12.5. The summed E-state index contributed by atoms with van der Waals surface area (Å²) in [5.74, 6) is -1.11. The van der Waals surface area contributed by atoms with Gasteiger partial charge in [0.25, 0.3) is 0 Å². The summed E-state index contributed by atoms with van der Waals surface area (Å²) in [6.07, 6.45) is 17.9. The molecule has 0 aromatic heterocycles. The van der Waals surface area contributed by atoms with Crippen molar-refractivity contribution >= 4 is 17.7 Å². The lowest BCUT2D eigenvalue weighted by molar-refractivity contribution is -0.155. The fourth-order valence-corrected chi connectivity index (χ4v) is 3.34. The third-order valence-electron chi connectivity index (χ3n) is 5.49. The topological polar surface area (TPSA) is 69.7 Å². The molecular weight excluding hydrogens is 404 g/mol. The molecule has 0 aromatic carbocycles. The van der Waals surface area contributed by atoms with Crippen LogP contribution < -0.4 is 0 Å². The van der Waals surface area contributed by atoms with Crippen LogP contribution in [0, 0.1) is 5.92 Å². The third kappa shape index (κ3) is 16.7. The molecule has 5 heteroatoms. The van der Waals surface area contributed by atoms with Crippen molar-refractivity contribution in [2.45, 2.75) is 117 Å². The summed E-state index contributed by atoms with van der Waals surface area (Å²) < 4.78 is 11.0. The van der Waals surface area contributed by atoms with Crippen LogP contribution in [0.1, 0.15) is 111 Å². The van der Waals surface area contributed by atoms with Crippen molar-refractivity contribution in [1.29, 1.82) is 0 Å². The van der Waals surface area contributed by atoms with E-state index in [1.807, 2.05) is 13.0 Å². The zero-order chi connectivity index (χ0) is 24.0. The van der Waals surface area contributed by atoms with Crippen LogP contribution in [0.15, 0.2) is 24.3 Å². The Kier molecular flexibility index (Phi) is 19.7. The number of esters is 2. The first-order chi connectivity index (χ1) is 15.5. The molecule has 0 N–H and O–H groups in total. The fourth-order valence-electron chi connectivity index (χ4n) is 3.34. The van der Waals surface area contributed by atoms with Crippen LogP contribution in [0.5, 0.6) is 0 Å². The lowest BCUT2D eigenvalue weighted by Gasteiger charge is -2.22. The van der Waals surface area contributed by atoms with E-state index in [4.69, 9.17) is 9.47 Å². The smallest absolute Gasteiger partial charge is 0.306 e. The normalized spacial score (nSPS) is 13.4. The second-order valence-corrected chi connectivity index (χ2v) is 8.44. The van der Waals surface area contributed by atoms with Crippen molar-refractivity contribution in [3.63, 3.8) is 0 Å². The van der Waals surface area contributed by atoms with Crippen molar-refractivity contribution in [3.05, 3.63) is 24.3 Å². The highest BCUT2D eigenvalue weighted by molar-refractivity contribution is 5.92. The summed E-state index contributed by atoms with van der Waals surface area (Å²) in [5, 5.41) is 0. The summed E-state index contributed by atoms with van der Waals surface area (Å²) in [5.41, 5.74) is 0. The second-order valence-electron chi connectivity index (χ2n) is 8.44. The number of ether oxygens (including phenoxy) is 2. The van der Waals surface area contributed by atoms with Crippen LogP contribution in [0.4, 0.5) is 0 Å². The van der Waals surface area contributed by atoms with Gasteiger partial charge in [0.2, 0.25) is 0 Å². The predicted octanol–water partition coefficient (Wildman–Crippen LogP) is 6.89. The molecule has 0 saturated carbocycles. The van der Waals surface area contributed by atoms with Gasteiger partial charge in [-0.2, -0.15) is 0 Å². The van der Waals surface area contributed by atoms with Crippen molar-refractivity contribution < 1.29 is 23.9 Å². The summed E-state index contributed by atoms with van der Waals surface area (Å²) in [4.78, 5) is 36.8. The van der Waals surface area contributed by atoms with Gasteiger partial charge in [0.05, 0.1) is 12.5 Å². The van der Waals surface area contributed by atoms with E-state index in [-0.39, 0.29) is 24.3 Å². The number of carbonyl (C=O) groups is 3. The van der Waals surface area contributed by atoms with Gasteiger partial charge in [0.1, 0.15) is 6.10 Å². The lowest BCUT2D eigenvalue weighted by Crippen LogP contribution is -2.31. The van der Waals surface area contributed by atoms with E-state index in [2.05, 4.69) is 13.8 Å². The maximum Gasteiger partial charge on any atom is 0.306 e. The second kappa shape index (κ2) is 21.0. The number of unbranched alkanes of at least 4 members (excludes halogenated alkanes) is 8. The first kappa shape index (κ1) is 30.1. The van der Waals surface area contributed by atoms with Gasteiger partial charge in [-0.3, -0.25) is 14.4 Å². The average molecular weight is 451 g/mol. The largest absolute Gasteiger partial charge is 0.466 e. The Balaban J connectivity index is 4.62. The van der Waals surface area contributed by atoms with E-state index in [1.54, 1.807) is 19.1 Å². The quantitative estimate of drug-likeness (QED) is 0.0874. The molecule has 5 nitrogen and oxygen atoms in total. The van der Waals surface area contributed by atoms with Crippen molar-refractivity contribution in [2.75, 3.05) is 6.61 Å². The third-order valence-corrected chi connectivity index (χ3v) is 5.49. The number of carbonyl (C=O) groups excluding carboxylic acids is 3. The zero-order valence-electron chi connectivity index (χ0n) is 20.9. The molecule has 0 heterocycles. The summed E-state index contributed by atoms with van der Waals surface area (Å²) in [6, 6.07) is 0. The van der Waals surface area contributed by atoms with Gasteiger partial charge < -0.3 is 9.47 Å². The van der Waals surface area contributed by atoms with Gasteiger partial charge in [-0.05, 0) is 25.8 Å². The number of ketones is 1. The summed E-state index contributed by atoms with van der Waals surface area (Å²) >= 11 is 0. The Bertz CT molecular complexity index is 564. The number of hydrogen-bond donors (Lipinski definition) is 0. The maximum atomic E-state index is 12.5. The van der Waals surface area contributed by atoms with E-state index in [0.29, 0.717) is 19.3 Å². The highest BCUT2D eigenvalue weighted by Gasteiger charge is 2.26. The molecular formula is C27H46O5. The molecule has 0 aliphatic heterocycles. The van der Waals surface area contributed by atoms with E-state index in [9.17, 15) is 14.4 Å². The molecule has 0 spiro atoms. The van der Waals surface area contributed by atoms with Gasteiger partial charge in [0.15, 0.2) is 5.78 Å². The van der Waals surface area contributed by atoms with Gasteiger partial charge in [-0.1, -0.05) is 90.4 Å². The van der Waals surface area contributed by atoms with E-state index >= 15 is 0 Å². The molecule has 2 atom stereocenters. The molecule has 0 saturated heterocycles. The average Bonchev–Trinajstić information content (AvgIpc) is 2.77. The highest BCUT2D eigenvalue weighted by Crippen LogP contribution is 2.17. The van der Waals surface area contributed by atoms with Crippen molar-refractivity contribution in [1.82, 2.24) is 0 Å². The zero-order valence-corrected chi connectivity index (χ0v) is 20.9. The Morgan fingerprint density at radius 2 is 1.34 bits per heavy atom. The number of hydrogen-bond acceptors (Lipinski definition) is 5. The molecule has 0 rings (SSSR count). The Hall–Kier alpha value is -1.91. The first-order valence-corrected chi connectivity index (χ1v) is 12.6.